The molecule has 2 aromatic rings. The molecule has 2 aromatic carbocycles. The standard InChI is InChI=1S/C16H20N2O2S/c1-3-13-8-10-14(11-9-13)12(2)18-15-6-4-5-7-16(15)21(17,19)20/h4-12,18H,3H2,1-2H3,(H2,17,19,20). The number of hydrogen-bond acceptors (Lipinski definition) is 3. The predicted octanol–water partition coefficient (Wildman–Crippen LogP) is 3.07. The van der Waals surface area contributed by atoms with Gasteiger partial charge in [0.2, 0.25) is 10.0 Å². The van der Waals surface area contributed by atoms with Crippen LogP contribution in [-0.4, -0.2) is 8.42 Å². The van der Waals surface area contributed by atoms with Crippen molar-refractivity contribution >= 4 is 15.7 Å². The van der Waals surface area contributed by atoms with E-state index in [-0.39, 0.29) is 10.9 Å². The minimum absolute atomic E-state index is 0.0150. The van der Waals surface area contributed by atoms with Gasteiger partial charge in [0, 0.05) is 6.04 Å². The van der Waals surface area contributed by atoms with E-state index < -0.39 is 10.0 Å². The van der Waals surface area contributed by atoms with E-state index in [9.17, 15) is 8.42 Å². The highest BCUT2D eigenvalue weighted by molar-refractivity contribution is 7.89. The van der Waals surface area contributed by atoms with Crippen molar-refractivity contribution in [2.45, 2.75) is 31.2 Å². The molecule has 0 fully saturated rings. The maximum Gasteiger partial charge on any atom is 0.240 e. The Balaban J connectivity index is 2.25. The van der Waals surface area contributed by atoms with E-state index in [2.05, 4.69) is 36.5 Å². The topological polar surface area (TPSA) is 72.2 Å². The van der Waals surface area contributed by atoms with Crippen molar-refractivity contribution < 1.29 is 8.42 Å². The monoisotopic (exact) mass is 304 g/mol. The second-order valence-corrected chi connectivity index (χ2v) is 6.53. The third kappa shape index (κ3) is 3.83. The smallest absolute Gasteiger partial charge is 0.240 e. The fourth-order valence-electron chi connectivity index (χ4n) is 2.19. The molecule has 0 saturated carbocycles. The molecule has 5 heteroatoms. The molecular weight excluding hydrogens is 284 g/mol. The SMILES string of the molecule is CCc1ccc(C(C)Nc2ccccc2S(N)(=O)=O)cc1. The lowest BCUT2D eigenvalue weighted by atomic mass is 10.0. The molecular formula is C16H20N2O2S. The van der Waals surface area contributed by atoms with E-state index in [0.717, 1.165) is 12.0 Å². The summed E-state index contributed by atoms with van der Waals surface area (Å²) in [7, 11) is -3.73. The molecule has 2 rings (SSSR count). The van der Waals surface area contributed by atoms with Crippen LogP contribution in [-0.2, 0) is 16.4 Å². The molecule has 0 aliphatic rings. The van der Waals surface area contributed by atoms with E-state index >= 15 is 0 Å². The summed E-state index contributed by atoms with van der Waals surface area (Å²) in [4.78, 5) is 0.113. The van der Waals surface area contributed by atoms with Crippen molar-refractivity contribution in [2.75, 3.05) is 5.32 Å². The van der Waals surface area contributed by atoms with Gasteiger partial charge in [0.05, 0.1) is 5.69 Å². The maximum atomic E-state index is 11.6. The number of hydrogen-bond donors (Lipinski definition) is 2. The summed E-state index contributed by atoms with van der Waals surface area (Å²) < 4.78 is 23.2. The molecule has 21 heavy (non-hydrogen) atoms. The number of primary sulfonamides is 1. The van der Waals surface area contributed by atoms with Gasteiger partial charge in [-0.2, -0.15) is 0 Å². The average Bonchev–Trinajstić information content (AvgIpc) is 2.47. The fourth-order valence-corrected chi connectivity index (χ4v) is 2.89. The Kier molecular flexibility index (Phi) is 4.65. The van der Waals surface area contributed by atoms with Crippen molar-refractivity contribution in [1.29, 1.82) is 0 Å². The number of sulfonamides is 1. The summed E-state index contributed by atoms with van der Waals surface area (Å²) in [5.74, 6) is 0. The quantitative estimate of drug-likeness (QED) is 0.891. The Bertz CT molecular complexity index is 709. The van der Waals surface area contributed by atoms with Gasteiger partial charge in [-0.05, 0) is 36.6 Å². The highest BCUT2D eigenvalue weighted by atomic mass is 32.2. The first-order chi connectivity index (χ1) is 9.91. The lowest BCUT2D eigenvalue weighted by Gasteiger charge is -2.18. The van der Waals surface area contributed by atoms with Crippen LogP contribution in [0.1, 0.15) is 31.0 Å². The molecule has 3 N–H and O–H groups in total. The molecule has 0 aliphatic heterocycles. The third-order valence-corrected chi connectivity index (χ3v) is 4.42. The maximum absolute atomic E-state index is 11.6. The molecule has 1 unspecified atom stereocenters. The molecule has 0 heterocycles. The van der Waals surface area contributed by atoms with Crippen LogP contribution in [0, 0.1) is 0 Å². The predicted molar refractivity (Wildman–Crippen MR) is 85.7 cm³/mol. The molecule has 0 aliphatic carbocycles. The van der Waals surface area contributed by atoms with E-state index in [4.69, 9.17) is 5.14 Å². The van der Waals surface area contributed by atoms with Gasteiger partial charge in [-0.3, -0.25) is 0 Å². The number of para-hydroxylation sites is 1. The average molecular weight is 304 g/mol. The van der Waals surface area contributed by atoms with Crippen LogP contribution >= 0.6 is 0 Å². The summed E-state index contributed by atoms with van der Waals surface area (Å²) >= 11 is 0. The number of anilines is 1. The van der Waals surface area contributed by atoms with E-state index in [1.165, 1.54) is 11.6 Å². The van der Waals surface area contributed by atoms with Crippen molar-refractivity contribution in [3.63, 3.8) is 0 Å². The van der Waals surface area contributed by atoms with Gasteiger partial charge in [0.1, 0.15) is 4.90 Å². The highest BCUT2D eigenvalue weighted by Crippen LogP contribution is 2.25. The lowest BCUT2D eigenvalue weighted by molar-refractivity contribution is 0.598. The Morgan fingerprint density at radius 3 is 2.29 bits per heavy atom. The van der Waals surface area contributed by atoms with Gasteiger partial charge >= 0.3 is 0 Å². The fraction of sp³-hybridized carbons (Fsp3) is 0.250. The Labute approximate surface area is 126 Å². The minimum atomic E-state index is -3.73. The van der Waals surface area contributed by atoms with Crippen LogP contribution in [0.15, 0.2) is 53.4 Å². The number of rotatable bonds is 5. The zero-order valence-electron chi connectivity index (χ0n) is 12.2. The Hall–Kier alpha value is -1.85. The van der Waals surface area contributed by atoms with Crippen LogP contribution in [0.2, 0.25) is 0 Å². The second kappa shape index (κ2) is 6.28. The summed E-state index contributed by atoms with van der Waals surface area (Å²) in [6.45, 7) is 4.10. The summed E-state index contributed by atoms with van der Waals surface area (Å²) in [5, 5.41) is 8.45. The van der Waals surface area contributed by atoms with E-state index in [1.54, 1.807) is 18.2 Å². The molecule has 0 amide bonds. The minimum Gasteiger partial charge on any atom is -0.377 e. The molecule has 0 aromatic heterocycles. The molecule has 112 valence electrons. The zero-order chi connectivity index (χ0) is 15.5. The van der Waals surface area contributed by atoms with Gasteiger partial charge in [-0.15, -0.1) is 0 Å². The van der Waals surface area contributed by atoms with Gasteiger partial charge in [-0.25, -0.2) is 13.6 Å². The molecule has 0 bridgehead atoms. The van der Waals surface area contributed by atoms with Gasteiger partial charge in [0.15, 0.2) is 0 Å². The number of aryl methyl sites for hydroxylation is 1. The normalized spacial score (nSPS) is 12.9. The van der Waals surface area contributed by atoms with Crippen LogP contribution in [0.5, 0.6) is 0 Å². The van der Waals surface area contributed by atoms with E-state index in [0.29, 0.717) is 5.69 Å². The molecule has 0 spiro atoms. The summed E-state index contributed by atoms with van der Waals surface area (Å²) in [6.07, 6.45) is 0.996. The summed E-state index contributed by atoms with van der Waals surface area (Å²) in [6, 6.07) is 14.9. The number of benzene rings is 2. The largest absolute Gasteiger partial charge is 0.377 e. The molecule has 0 saturated heterocycles. The Morgan fingerprint density at radius 2 is 1.71 bits per heavy atom. The van der Waals surface area contributed by atoms with Crippen LogP contribution in [0.4, 0.5) is 5.69 Å². The first kappa shape index (κ1) is 15.5. The highest BCUT2D eigenvalue weighted by Gasteiger charge is 2.15. The van der Waals surface area contributed by atoms with Gasteiger partial charge < -0.3 is 5.32 Å². The molecule has 4 nitrogen and oxygen atoms in total. The van der Waals surface area contributed by atoms with Crippen molar-refractivity contribution in [3.8, 4) is 0 Å². The number of nitrogens with one attached hydrogen (secondary N) is 1. The summed E-state index contributed by atoms with van der Waals surface area (Å²) in [5.41, 5.74) is 2.89. The first-order valence-corrected chi connectivity index (χ1v) is 8.43. The third-order valence-electron chi connectivity index (χ3n) is 3.45. The van der Waals surface area contributed by atoms with Crippen molar-refractivity contribution in [3.05, 3.63) is 59.7 Å². The number of nitrogens with two attached hydrogens (primary N) is 1. The molecule has 0 radical (unpaired) electrons. The lowest BCUT2D eigenvalue weighted by Crippen LogP contribution is -2.16. The van der Waals surface area contributed by atoms with Crippen LogP contribution in [0.3, 0.4) is 0 Å². The zero-order valence-corrected chi connectivity index (χ0v) is 13.0. The first-order valence-electron chi connectivity index (χ1n) is 6.89. The van der Waals surface area contributed by atoms with Crippen LogP contribution < -0.4 is 10.5 Å². The van der Waals surface area contributed by atoms with Crippen molar-refractivity contribution in [1.82, 2.24) is 0 Å². The van der Waals surface area contributed by atoms with Gasteiger partial charge in [0.25, 0.3) is 0 Å². The van der Waals surface area contributed by atoms with Gasteiger partial charge in [-0.1, -0.05) is 43.3 Å². The Morgan fingerprint density at radius 1 is 1.10 bits per heavy atom. The molecule has 1 atom stereocenters. The van der Waals surface area contributed by atoms with Crippen LogP contribution in [0.25, 0.3) is 0 Å². The van der Waals surface area contributed by atoms with E-state index in [1.807, 2.05) is 6.92 Å². The van der Waals surface area contributed by atoms with Crippen molar-refractivity contribution in [2.24, 2.45) is 5.14 Å². The second-order valence-electron chi connectivity index (χ2n) is 5.00.